The van der Waals surface area contributed by atoms with Crippen LogP contribution in [0.15, 0.2) is 46.9 Å². The molecule has 0 bridgehead atoms. The van der Waals surface area contributed by atoms with Crippen LogP contribution in [0.3, 0.4) is 0 Å². The summed E-state index contributed by atoms with van der Waals surface area (Å²) in [7, 11) is 0. The Kier molecular flexibility index (Phi) is 4.23. The van der Waals surface area contributed by atoms with E-state index in [0.29, 0.717) is 11.3 Å². The second-order valence-electron chi connectivity index (χ2n) is 9.01. The van der Waals surface area contributed by atoms with Gasteiger partial charge >= 0.3 is 0 Å². The van der Waals surface area contributed by atoms with Crippen LogP contribution in [0.4, 0.5) is 0 Å². The summed E-state index contributed by atoms with van der Waals surface area (Å²) in [6.07, 6.45) is 2.35. The molecule has 24 heavy (non-hydrogen) atoms. The Hall–Kier alpha value is -1.76. The zero-order valence-electron chi connectivity index (χ0n) is 15.9. The molecule has 1 aromatic heterocycles. The molecule has 3 aromatic rings. The zero-order valence-corrected chi connectivity index (χ0v) is 15.9. The van der Waals surface area contributed by atoms with Crippen LogP contribution < -0.4 is 0 Å². The average molecular weight is 322 g/mol. The first-order valence-electron chi connectivity index (χ1n) is 9.12. The molecule has 1 atom stereocenters. The lowest BCUT2D eigenvalue weighted by Gasteiger charge is -2.38. The maximum Gasteiger partial charge on any atom is 0.135 e. The van der Waals surface area contributed by atoms with E-state index < -0.39 is 0 Å². The molecule has 1 heteroatoms. The van der Waals surface area contributed by atoms with Gasteiger partial charge in [-0.2, -0.15) is 0 Å². The van der Waals surface area contributed by atoms with E-state index in [9.17, 15) is 0 Å². The quantitative estimate of drug-likeness (QED) is 0.483. The highest BCUT2D eigenvalue weighted by atomic mass is 16.3. The largest absolute Gasteiger partial charge is 0.456 e. The predicted molar refractivity (Wildman–Crippen MR) is 105 cm³/mol. The van der Waals surface area contributed by atoms with Crippen molar-refractivity contribution in [2.24, 2.45) is 10.8 Å². The topological polar surface area (TPSA) is 13.1 Å². The minimum Gasteiger partial charge on any atom is -0.456 e. The van der Waals surface area contributed by atoms with Gasteiger partial charge in [-0.1, -0.05) is 78.3 Å². The molecule has 128 valence electrons. The van der Waals surface area contributed by atoms with Crippen molar-refractivity contribution in [2.45, 2.75) is 60.3 Å². The maximum absolute atomic E-state index is 6.12. The Morgan fingerprint density at radius 2 is 1.54 bits per heavy atom. The van der Waals surface area contributed by atoms with Crippen LogP contribution in [0, 0.1) is 10.8 Å². The summed E-state index contributed by atoms with van der Waals surface area (Å²) in [4.78, 5) is 0. The molecule has 0 N–H and O–H groups in total. The third kappa shape index (κ3) is 3.22. The Bertz CT molecular complexity index is 845. The van der Waals surface area contributed by atoms with Crippen molar-refractivity contribution in [3.8, 4) is 0 Å². The normalized spacial score (nSPS) is 14.4. The van der Waals surface area contributed by atoms with E-state index in [1.807, 2.05) is 6.07 Å². The van der Waals surface area contributed by atoms with Gasteiger partial charge in [0.05, 0.1) is 0 Å². The van der Waals surface area contributed by atoms with Crippen LogP contribution in [0.25, 0.3) is 21.9 Å². The number of hydrogen-bond donors (Lipinski definition) is 0. The van der Waals surface area contributed by atoms with Crippen LogP contribution in [0.5, 0.6) is 0 Å². The molecule has 1 heterocycles. The van der Waals surface area contributed by atoms with Gasteiger partial charge in [0.2, 0.25) is 0 Å². The number of furan rings is 1. The number of rotatable bonds is 4. The fourth-order valence-electron chi connectivity index (χ4n) is 3.66. The second-order valence-corrected chi connectivity index (χ2v) is 9.01. The van der Waals surface area contributed by atoms with Gasteiger partial charge in [0.1, 0.15) is 11.2 Å². The molecule has 1 nitrogen and oxygen atoms in total. The summed E-state index contributed by atoms with van der Waals surface area (Å²) >= 11 is 0. The van der Waals surface area contributed by atoms with Gasteiger partial charge < -0.3 is 4.42 Å². The maximum atomic E-state index is 6.12. The molecule has 0 aliphatic rings. The van der Waals surface area contributed by atoms with Crippen molar-refractivity contribution in [2.75, 3.05) is 0 Å². The van der Waals surface area contributed by atoms with E-state index in [4.69, 9.17) is 4.42 Å². The number of fused-ring (bicyclic) bond motifs is 3. The summed E-state index contributed by atoms with van der Waals surface area (Å²) in [5.74, 6) is 0.528. The summed E-state index contributed by atoms with van der Waals surface area (Å²) in [5.41, 5.74) is 3.97. The molecule has 2 aromatic carbocycles. The molecule has 3 rings (SSSR count). The predicted octanol–water partition coefficient (Wildman–Crippen LogP) is 7.54. The Balaban J connectivity index is 2.12. The molecule has 0 radical (unpaired) electrons. The minimum absolute atomic E-state index is 0.271. The third-order valence-electron chi connectivity index (χ3n) is 5.48. The lowest BCUT2D eigenvalue weighted by Crippen LogP contribution is -2.25. The van der Waals surface area contributed by atoms with Crippen LogP contribution in [-0.4, -0.2) is 0 Å². The molecule has 0 fully saturated rings. The number of hydrogen-bond acceptors (Lipinski definition) is 1. The Morgan fingerprint density at radius 3 is 2.21 bits per heavy atom. The van der Waals surface area contributed by atoms with E-state index in [1.165, 1.54) is 29.2 Å². The van der Waals surface area contributed by atoms with Crippen LogP contribution in [0.2, 0.25) is 0 Å². The van der Waals surface area contributed by atoms with Crippen molar-refractivity contribution >= 4 is 21.9 Å². The minimum atomic E-state index is 0.271. The van der Waals surface area contributed by atoms with E-state index in [1.54, 1.807) is 0 Å². The standard InChI is InChI=1S/C23H30O/c1-7-23(5,6)19(15-22(2,3)4)16-12-13-18-17-10-8-9-11-20(17)24-21(18)14-16/h8-14,19H,7,15H2,1-6H3. The fourth-order valence-corrected chi connectivity index (χ4v) is 3.66. The molecular formula is C23H30O. The summed E-state index contributed by atoms with van der Waals surface area (Å²) in [6, 6.07) is 15.2. The molecule has 0 aliphatic carbocycles. The first-order chi connectivity index (χ1) is 11.2. The summed E-state index contributed by atoms with van der Waals surface area (Å²) < 4.78 is 6.12. The first kappa shape index (κ1) is 17.1. The molecule has 0 amide bonds. The Labute approximate surface area is 146 Å². The summed E-state index contributed by atoms with van der Waals surface area (Å²) in [6.45, 7) is 14.1. The lowest BCUT2D eigenvalue weighted by molar-refractivity contribution is 0.203. The SMILES string of the molecule is CCC(C)(C)C(CC(C)(C)C)c1ccc2c(c1)oc1ccccc12. The van der Waals surface area contributed by atoms with E-state index in [-0.39, 0.29) is 5.41 Å². The molecule has 0 saturated carbocycles. The van der Waals surface area contributed by atoms with Gasteiger partial charge in [-0.05, 0) is 40.9 Å². The molecular weight excluding hydrogens is 292 g/mol. The van der Waals surface area contributed by atoms with E-state index >= 15 is 0 Å². The second kappa shape index (κ2) is 5.95. The highest BCUT2D eigenvalue weighted by molar-refractivity contribution is 6.04. The van der Waals surface area contributed by atoms with Crippen LogP contribution >= 0.6 is 0 Å². The fraction of sp³-hybridized carbons (Fsp3) is 0.478. The highest BCUT2D eigenvalue weighted by Crippen LogP contribution is 2.46. The van der Waals surface area contributed by atoms with Crippen LogP contribution in [-0.2, 0) is 0 Å². The third-order valence-corrected chi connectivity index (χ3v) is 5.48. The first-order valence-corrected chi connectivity index (χ1v) is 9.12. The van der Waals surface area contributed by atoms with Gasteiger partial charge in [-0.15, -0.1) is 0 Å². The number of para-hydroxylation sites is 1. The van der Waals surface area contributed by atoms with Gasteiger partial charge in [0.15, 0.2) is 0 Å². The van der Waals surface area contributed by atoms with Gasteiger partial charge in [0, 0.05) is 10.8 Å². The summed E-state index contributed by atoms with van der Waals surface area (Å²) in [5, 5.41) is 2.43. The smallest absolute Gasteiger partial charge is 0.135 e. The van der Waals surface area contributed by atoms with Crippen molar-refractivity contribution in [1.29, 1.82) is 0 Å². The van der Waals surface area contributed by atoms with E-state index in [2.05, 4.69) is 77.9 Å². The molecule has 0 saturated heterocycles. The zero-order chi connectivity index (χ0) is 17.5. The van der Waals surface area contributed by atoms with Crippen molar-refractivity contribution in [1.82, 2.24) is 0 Å². The highest BCUT2D eigenvalue weighted by Gasteiger charge is 2.32. The lowest BCUT2D eigenvalue weighted by atomic mass is 9.67. The van der Waals surface area contributed by atoms with Crippen molar-refractivity contribution in [3.63, 3.8) is 0 Å². The van der Waals surface area contributed by atoms with Gasteiger partial charge in [0.25, 0.3) is 0 Å². The average Bonchev–Trinajstić information content (AvgIpc) is 2.89. The monoisotopic (exact) mass is 322 g/mol. The number of benzene rings is 2. The van der Waals surface area contributed by atoms with Crippen molar-refractivity contribution < 1.29 is 4.42 Å². The molecule has 0 spiro atoms. The van der Waals surface area contributed by atoms with Gasteiger partial charge in [-0.25, -0.2) is 0 Å². The van der Waals surface area contributed by atoms with Gasteiger partial charge in [-0.3, -0.25) is 0 Å². The Morgan fingerprint density at radius 1 is 0.875 bits per heavy atom. The van der Waals surface area contributed by atoms with Crippen molar-refractivity contribution in [3.05, 3.63) is 48.0 Å². The molecule has 0 aliphatic heterocycles. The molecule has 1 unspecified atom stereocenters. The van der Waals surface area contributed by atoms with Crippen LogP contribution in [0.1, 0.15) is 65.9 Å². The van der Waals surface area contributed by atoms with E-state index in [0.717, 1.165) is 11.2 Å².